The molecule has 154 valence electrons. The molecule has 0 radical (unpaired) electrons. The largest absolute Gasteiger partial charge is 0.497 e. The van der Waals surface area contributed by atoms with Gasteiger partial charge in [-0.1, -0.05) is 35.9 Å². The van der Waals surface area contributed by atoms with Crippen LogP contribution in [-0.2, 0) is 0 Å². The SMILES string of the molecule is COc1ccc2c(c1)C1=C([C@H](c3cccs3)O2)[C@H](c2ccc(C)cc2)n2ncnc2N1. The zero-order valence-corrected chi connectivity index (χ0v) is 17.9. The molecule has 0 aliphatic carbocycles. The van der Waals surface area contributed by atoms with Crippen molar-refractivity contribution in [3.05, 3.63) is 93.4 Å². The zero-order chi connectivity index (χ0) is 20.9. The number of hydrogen-bond donors (Lipinski definition) is 1. The van der Waals surface area contributed by atoms with E-state index in [-0.39, 0.29) is 12.1 Å². The van der Waals surface area contributed by atoms with Gasteiger partial charge in [0.1, 0.15) is 23.9 Å². The predicted molar refractivity (Wildman–Crippen MR) is 121 cm³/mol. The number of fused-ring (bicyclic) bond motifs is 3. The number of ether oxygens (including phenoxy) is 2. The first-order valence-electron chi connectivity index (χ1n) is 10.1. The lowest BCUT2D eigenvalue weighted by molar-refractivity contribution is 0.226. The van der Waals surface area contributed by atoms with Gasteiger partial charge < -0.3 is 14.8 Å². The summed E-state index contributed by atoms with van der Waals surface area (Å²) in [6, 6.07) is 18.6. The highest BCUT2D eigenvalue weighted by atomic mass is 32.1. The first kappa shape index (κ1) is 18.2. The summed E-state index contributed by atoms with van der Waals surface area (Å²) < 4.78 is 14.1. The van der Waals surface area contributed by atoms with Gasteiger partial charge in [0.15, 0.2) is 6.10 Å². The maximum absolute atomic E-state index is 6.61. The fourth-order valence-corrected chi connectivity index (χ4v) is 5.09. The first-order chi connectivity index (χ1) is 15.2. The molecule has 7 heteroatoms. The van der Waals surface area contributed by atoms with Crippen LogP contribution in [0.4, 0.5) is 5.95 Å². The lowest BCUT2D eigenvalue weighted by Crippen LogP contribution is -2.32. The molecule has 0 amide bonds. The third kappa shape index (κ3) is 2.84. The first-order valence-corrected chi connectivity index (χ1v) is 11.0. The van der Waals surface area contributed by atoms with E-state index in [1.807, 2.05) is 22.9 Å². The van der Waals surface area contributed by atoms with Crippen LogP contribution in [0.15, 0.2) is 71.9 Å². The number of aromatic nitrogens is 3. The molecule has 1 N–H and O–H groups in total. The highest BCUT2D eigenvalue weighted by molar-refractivity contribution is 7.10. The molecule has 4 aromatic rings. The van der Waals surface area contributed by atoms with Crippen LogP contribution in [0, 0.1) is 6.92 Å². The topological polar surface area (TPSA) is 61.2 Å². The molecule has 2 aromatic heterocycles. The molecule has 0 bridgehead atoms. The lowest BCUT2D eigenvalue weighted by atomic mass is 9.86. The average molecular weight is 429 g/mol. The van der Waals surface area contributed by atoms with Gasteiger partial charge in [0.05, 0.1) is 12.8 Å². The smallest absolute Gasteiger partial charge is 0.226 e. The maximum Gasteiger partial charge on any atom is 0.226 e. The average Bonchev–Trinajstić information content (AvgIpc) is 3.49. The number of methoxy groups -OCH3 is 1. The van der Waals surface area contributed by atoms with Gasteiger partial charge in [0.2, 0.25) is 5.95 Å². The number of nitrogens with zero attached hydrogens (tertiary/aromatic N) is 3. The number of anilines is 1. The third-order valence-electron chi connectivity index (χ3n) is 5.82. The molecule has 0 saturated carbocycles. The number of aryl methyl sites for hydroxylation is 1. The summed E-state index contributed by atoms with van der Waals surface area (Å²) in [6.07, 6.45) is 1.36. The molecule has 6 rings (SSSR count). The molecular weight excluding hydrogens is 408 g/mol. The summed E-state index contributed by atoms with van der Waals surface area (Å²) in [5, 5.41) is 10.2. The summed E-state index contributed by atoms with van der Waals surface area (Å²) in [5.41, 5.74) is 5.45. The Bertz CT molecular complexity index is 1290. The Balaban J connectivity index is 1.63. The van der Waals surface area contributed by atoms with Crippen LogP contribution in [0.25, 0.3) is 5.70 Å². The fourth-order valence-electron chi connectivity index (χ4n) is 4.32. The van der Waals surface area contributed by atoms with Gasteiger partial charge in [-0.05, 0) is 42.1 Å². The molecule has 6 nitrogen and oxygen atoms in total. The minimum atomic E-state index is -0.230. The van der Waals surface area contributed by atoms with Gasteiger partial charge in [0, 0.05) is 16.0 Å². The van der Waals surface area contributed by atoms with Crippen LogP contribution in [0.2, 0.25) is 0 Å². The van der Waals surface area contributed by atoms with Crippen molar-refractivity contribution in [1.82, 2.24) is 14.8 Å². The van der Waals surface area contributed by atoms with Crippen LogP contribution in [0.3, 0.4) is 0 Å². The van der Waals surface area contributed by atoms with E-state index in [2.05, 4.69) is 64.1 Å². The van der Waals surface area contributed by atoms with E-state index in [1.54, 1.807) is 24.8 Å². The number of nitrogens with one attached hydrogen (secondary N) is 1. The van der Waals surface area contributed by atoms with Crippen molar-refractivity contribution >= 4 is 23.0 Å². The van der Waals surface area contributed by atoms with Crippen molar-refractivity contribution in [2.75, 3.05) is 12.4 Å². The second-order valence-electron chi connectivity index (χ2n) is 7.67. The quantitative estimate of drug-likeness (QED) is 0.485. The van der Waals surface area contributed by atoms with Gasteiger partial charge in [-0.3, -0.25) is 0 Å². The number of benzene rings is 2. The van der Waals surface area contributed by atoms with Crippen LogP contribution in [-0.4, -0.2) is 21.9 Å². The highest BCUT2D eigenvalue weighted by Crippen LogP contribution is 2.51. The minimum Gasteiger partial charge on any atom is -0.497 e. The van der Waals surface area contributed by atoms with Crippen molar-refractivity contribution in [3.63, 3.8) is 0 Å². The van der Waals surface area contributed by atoms with Gasteiger partial charge in [-0.25, -0.2) is 4.68 Å². The summed E-state index contributed by atoms with van der Waals surface area (Å²) in [6.45, 7) is 2.10. The standard InChI is InChI=1S/C24H20N4O2S/c1-14-5-7-15(8-6-14)22-20-21(27-24-25-13-26-28(22)24)17-12-16(29-2)9-10-18(17)30-23(20)19-4-3-11-31-19/h3-13,22-23H,1-2H3,(H,25,26,27)/t22-,23-/m0/s1. The third-order valence-corrected chi connectivity index (χ3v) is 6.73. The minimum absolute atomic E-state index is 0.138. The zero-order valence-electron chi connectivity index (χ0n) is 17.1. The highest BCUT2D eigenvalue weighted by Gasteiger charge is 2.41. The Morgan fingerprint density at radius 3 is 2.77 bits per heavy atom. The Labute approximate surface area is 183 Å². The van der Waals surface area contributed by atoms with Gasteiger partial charge in [0.25, 0.3) is 0 Å². The van der Waals surface area contributed by atoms with E-state index in [0.717, 1.165) is 38.8 Å². The maximum atomic E-state index is 6.61. The molecule has 2 aliphatic heterocycles. The van der Waals surface area contributed by atoms with Crippen molar-refractivity contribution in [2.24, 2.45) is 0 Å². The number of hydrogen-bond acceptors (Lipinski definition) is 6. The van der Waals surface area contributed by atoms with E-state index in [1.165, 1.54) is 5.56 Å². The monoisotopic (exact) mass is 428 g/mol. The molecule has 0 unspecified atom stereocenters. The summed E-state index contributed by atoms with van der Waals surface area (Å²) in [7, 11) is 1.68. The van der Waals surface area contributed by atoms with E-state index >= 15 is 0 Å². The van der Waals surface area contributed by atoms with E-state index in [0.29, 0.717) is 5.95 Å². The van der Waals surface area contributed by atoms with Crippen LogP contribution in [0.1, 0.15) is 33.7 Å². The van der Waals surface area contributed by atoms with E-state index in [4.69, 9.17) is 9.47 Å². The van der Waals surface area contributed by atoms with Crippen molar-refractivity contribution in [1.29, 1.82) is 0 Å². The Hall–Kier alpha value is -3.58. The van der Waals surface area contributed by atoms with Crippen LogP contribution < -0.4 is 14.8 Å². The Morgan fingerprint density at radius 2 is 2.00 bits per heavy atom. The summed E-state index contributed by atoms with van der Waals surface area (Å²) in [5.74, 6) is 2.32. The van der Waals surface area contributed by atoms with Crippen LogP contribution >= 0.6 is 11.3 Å². The predicted octanol–water partition coefficient (Wildman–Crippen LogP) is 5.22. The summed E-state index contributed by atoms with van der Waals surface area (Å²) in [4.78, 5) is 5.63. The van der Waals surface area contributed by atoms with Gasteiger partial charge in [-0.15, -0.1) is 11.3 Å². The molecule has 0 saturated heterocycles. The molecule has 0 spiro atoms. The van der Waals surface area contributed by atoms with E-state index < -0.39 is 0 Å². The number of thiophene rings is 1. The summed E-state index contributed by atoms with van der Waals surface area (Å²) >= 11 is 1.69. The van der Waals surface area contributed by atoms with Crippen LogP contribution in [0.5, 0.6) is 11.5 Å². The lowest BCUT2D eigenvalue weighted by Gasteiger charge is -2.38. The van der Waals surface area contributed by atoms with Crippen molar-refractivity contribution in [2.45, 2.75) is 19.1 Å². The molecule has 0 fully saturated rings. The molecule has 2 atom stereocenters. The fraction of sp³-hybridized carbons (Fsp3) is 0.167. The molecule has 4 heterocycles. The number of rotatable bonds is 3. The second-order valence-corrected chi connectivity index (χ2v) is 8.65. The van der Waals surface area contributed by atoms with Gasteiger partial charge in [-0.2, -0.15) is 10.1 Å². The Kier molecular flexibility index (Phi) is 4.11. The van der Waals surface area contributed by atoms with E-state index in [9.17, 15) is 0 Å². The molecule has 2 aromatic carbocycles. The Morgan fingerprint density at radius 1 is 1.13 bits per heavy atom. The van der Waals surface area contributed by atoms with Gasteiger partial charge >= 0.3 is 0 Å². The van der Waals surface area contributed by atoms with Crippen molar-refractivity contribution < 1.29 is 9.47 Å². The molecule has 2 aliphatic rings. The second kappa shape index (κ2) is 6.99. The van der Waals surface area contributed by atoms with Crippen molar-refractivity contribution in [3.8, 4) is 11.5 Å². The molecular formula is C24H20N4O2S. The molecule has 31 heavy (non-hydrogen) atoms. The normalized spacial score (nSPS) is 19.0.